The van der Waals surface area contributed by atoms with E-state index in [9.17, 15) is 4.79 Å². The van der Waals surface area contributed by atoms with Crippen LogP contribution in [0.1, 0.15) is 41.0 Å². The Morgan fingerprint density at radius 3 is 2.96 bits per heavy atom. The van der Waals surface area contributed by atoms with Gasteiger partial charge in [-0.2, -0.15) is 10.4 Å². The van der Waals surface area contributed by atoms with E-state index in [2.05, 4.69) is 15.4 Å². The van der Waals surface area contributed by atoms with Crippen LogP contribution in [0.25, 0.3) is 0 Å². The minimum atomic E-state index is -0.241. The van der Waals surface area contributed by atoms with Crippen LogP contribution in [0, 0.1) is 18.3 Å². The van der Waals surface area contributed by atoms with E-state index in [1.54, 1.807) is 29.9 Å². The van der Waals surface area contributed by atoms with E-state index in [0.717, 1.165) is 19.3 Å². The Balaban J connectivity index is 1.66. The molecule has 0 spiro atoms. The lowest BCUT2D eigenvalue weighted by Crippen LogP contribution is -2.42. The van der Waals surface area contributed by atoms with Crippen molar-refractivity contribution in [3.8, 4) is 11.8 Å². The average molecular weight is 325 g/mol. The topological polar surface area (TPSA) is 92.8 Å². The molecular formula is C17H19N5O2. The number of hydrogen-bond donors (Lipinski definition) is 1. The van der Waals surface area contributed by atoms with Gasteiger partial charge in [-0.1, -0.05) is 0 Å². The molecule has 1 aliphatic rings. The summed E-state index contributed by atoms with van der Waals surface area (Å²) < 4.78 is 7.63. The molecule has 2 heterocycles. The highest BCUT2D eigenvalue weighted by Gasteiger charge is 2.31. The molecule has 1 amide bonds. The van der Waals surface area contributed by atoms with Gasteiger partial charge in [-0.3, -0.25) is 9.48 Å². The summed E-state index contributed by atoms with van der Waals surface area (Å²) >= 11 is 0. The summed E-state index contributed by atoms with van der Waals surface area (Å²) in [6.07, 6.45) is 6.16. The molecule has 0 unspecified atom stereocenters. The van der Waals surface area contributed by atoms with Gasteiger partial charge in [0.25, 0.3) is 5.91 Å². The van der Waals surface area contributed by atoms with Gasteiger partial charge >= 0.3 is 0 Å². The summed E-state index contributed by atoms with van der Waals surface area (Å²) in [4.78, 5) is 16.6. The fourth-order valence-electron chi connectivity index (χ4n) is 2.91. The van der Waals surface area contributed by atoms with Gasteiger partial charge < -0.3 is 10.1 Å². The summed E-state index contributed by atoms with van der Waals surface area (Å²) in [7, 11) is 1.83. The molecule has 2 aromatic heterocycles. The number of nitriles is 1. The molecule has 1 aliphatic carbocycles. The van der Waals surface area contributed by atoms with Crippen molar-refractivity contribution in [2.45, 2.75) is 38.3 Å². The summed E-state index contributed by atoms with van der Waals surface area (Å²) in [5.41, 5.74) is 1.35. The van der Waals surface area contributed by atoms with Crippen molar-refractivity contribution < 1.29 is 9.53 Å². The average Bonchev–Trinajstić information content (AvgIpc) is 3.17. The maximum absolute atomic E-state index is 12.4. The standard InChI is InChI=1S/C17H19N5O2/c1-11-12(8-18)6-7-15(20-11)17(23)21-14-4-3-5-16(14)24-13-9-19-22(2)10-13/h6-7,9-10,14,16H,3-5H2,1-2H3,(H,21,23)/t14-,16+/m0/s1. The van der Waals surface area contributed by atoms with Gasteiger partial charge in [-0.05, 0) is 38.3 Å². The van der Waals surface area contributed by atoms with Crippen LogP contribution in [-0.2, 0) is 7.05 Å². The van der Waals surface area contributed by atoms with Crippen molar-refractivity contribution in [2.24, 2.45) is 7.05 Å². The highest BCUT2D eigenvalue weighted by Crippen LogP contribution is 2.24. The van der Waals surface area contributed by atoms with Gasteiger partial charge in [-0.25, -0.2) is 4.98 Å². The van der Waals surface area contributed by atoms with E-state index in [0.29, 0.717) is 22.7 Å². The molecule has 0 aromatic carbocycles. The number of rotatable bonds is 4. The molecular weight excluding hydrogens is 306 g/mol. The van der Waals surface area contributed by atoms with Gasteiger partial charge in [0.05, 0.1) is 29.7 Å². The highest BCUT2D eigenvalue weighted by atomic mass is 16.5. The third kappa shape index (κ3) is 3.38. The summed E-state index contributed by atoms with van der Waals surface area (Å²) in [6, 6.07) is 5.19. The first-order valence-corrected chi connectivity index (χ1v) is 7.90. The van der Waals surface area contributed by atoms with Crippen molar-refractivity contribution in [2.75, 3.05) is 0 Å². The molecule has 1 saturated carbocycles. The smallest absolute Gasteiger partial charge is 0.270 e. The minimum absolute atomic E-state index is 0.0598. The number of carbonyl (C=O) groups is 1. The van der Waals surface area contributed by atoms with Crippen molar-refractivity contribution in [1.29, 1.82) is 5.26 Å². The van der Waals surface area contributed by atoms with Crippen LogP contribution in [0.4, 0.5) is 0 Å². The third-order valence-electron chi connectivity index (χ3n) is 4.18. The first kappa shape index (κ1) is 16.0. The van der Waals surface area contributed by atoms with Crippen molar-refractivity contribution in [1.82, 2.24) is 20.1 Å². The number of ether oxygens (including phenoxy) is 1. The quantitative estimate of drug-likeness (QED) is 0.924. The zero-order valence-electron chi connectivity index (χ0n) is 13.7. The van der Waals surface area contributed by atoms with Crippen LogP contribution in [0.5, 0.6) is 5.75 Å². The van der Waals surface area contributed by atoms with Crippen LogP contribution in [0.2, 0.25) is 0 Å². The molecule has 2 atom stereocenters. The number of pyridine rings is 1. The number of aromatic nitrogens is 3. The Morgan fingerprint density at radius 2 is 2.29 bits per heavy atom. The predicted octanol–water partition coefficient (Wildman–Crippen LogP) is 1.73. The number of amides is 1. The zero-order valence-corrected chi connectivity index (χ0v) is 13.7. The molecule has 0 bridgehead atoms. The van der Waals surface area contributed by atoms with Gasteiger partial charge in [-0.15, -0.1) is 0 Å². The summed E-state index contributed by atoms with van der Waals surface area (Å²) in [5, 5.41) is 16.0. The maximum Gasteiger partial charge on any atom is 0.270 e. The number of nitrogens with zero attached hydrogens (tertiary/aromatic N) is 4. The van der Waals surface area contributed by atoms with E-state index in [1.165, 1.54) is 0 Å². The van der Waals surface area contributed by atoms with Crippen molar-refractivity contribution >= 4 is 5.91 Å². The maximum atomic E-state index is 12.4. The summed E-state index contributed by atoms with van der Waals surface area (Å²) in [6.45, 7) is 1.72. The number of hydrogen-bond acceptors (Lipinski definition) is 5. The second kappa shape index (κ2) is 6.71. The molecule has 3 rings (SSSR count). The molecule has 0 radical (unpaired) electrons. The second-order valence-corrected chi connectivity index (χ2v) is 5.96. The number of carbonyl (C=O) groups excluding carboxylic acids is 1. The molecule has 24 heavy (non-hydrogen) atoms. The van der Waals surface area contributed by atoms with Crippen LogP contribution in [0.15, 0.2) is 24.5 Å². The molecule has 0 aliphatic heterocycles. The van der Waals surface area contributed by atoms with Crippen molar-refractivity contribution in [3.05, 3.63) is 41.5 Å². The largest absolute Gasteiger partial charge is 0.485 e. The number of nitrogens with one attached hydrogen (secondary N) is 1. The SMILES string of the molecule is Cc1nc(C(=O)N[C@H]2CCC[C@H]2Oc2cnn(C)c2)ccc1C#N. The zero-order chi connectivity index (χ0) is 17.1. The lowest BCUT2D eigenvalue weighted by Gasteiger charge is -2.21. The van der Waals surface area contributed by atoms with Gasteiger partial charge in [0, 0.05) is 7.05 Å². The minimum Gasteiger partial charge on any atom is -0.485 e. The second-order valence-electron chi connectivity index (χ2n) is 5.96. The molecule has 7 heteroatoms. The first-order valence-electron chi connectivity index (χ1n) is 7.90. The molecule has 1 N–H and O–H groups in total. The monoisotopic (exact) mass is 325 g/mol. The predicted molar refractivity (Wildman–Crippen MR) is 86.4 cm³/mol. The lowest BCUT2D eigenvalue weighted by atomic mass is 10.1. The van der Waals surface area contributed by atoms with Gasteiger partial charge in [0.2, 0.25) is 0 Å². The van der Waals surface area contributed by atoms with E-state index in [1.807, 2.05) is 19.3 Å². The van der Waals surface area contributed by atoms with Crippen LogP contribution in [-0.4, -0.2) is 32.8 Å². The highest BCUT2D eigenvalue weighted by molar-refractivity contribution is 5.92. The Kier molecular flexibility index (Phi) is 4.47. The van der Waals surface area contributed by atoms with E-state index in [4.69, 9.17) is 10.00 Å². The Bertz CT molecular complexity index is 793. The first-order chi connectivity index (χ1) is 11.6. The Morgan fingerprint density at radius 1 is 1.46 bits per heavy atom. The lowest BCUT2D eigenvalue weighted by molar-refractivity contribution is 0.0889. The van der Waals surface area contributed by atoms with E-state index < -0.39 is 0 Å². The fraction of sp³-hybridized carbons (Fsp3) is 0.412. The molecule has 1 fully saturated rings. The van der Waals surface area contributed by atoms with Gasteiger partial charge in [0.15, 0.2) is 5.75 Å². The molecule has 2 aromatic rings. The van der Waals surface area contributed by atoms with Crippen LogP contribution in [0.3, 0.4) is 0 Å². The van der Waals surface area contributed by atoms with E-state index in [-0.39, 0.29) is 18.1 Å². The fourth-order valence-corrected chi connectivity index (χ4v) is 2.91. The third-order valence-corrected chi connectivity index (χ3v) is 4.18. The van der Waals surface area contributed by atoms with Crippen LogP contribution < -0.4 is 10.1 Å². The van der Waals surface area contributed by atoms with E-state index >= 15 is 0 Å². The molecule has 7 nitrogen and oxygen atoms in total. The molecule has 124 valence electrons. The number of aryl methyl sites for hydroxylation is 2. The van der Waals surface area contributed by atoms with Crippen molar-refractivity contribution in [3.63, 3.8) is 0 Å². The van der Waals surface area contributed by atoms with Gasteiger partial charge in [0.1, 0.15) is 17.9 Å². The Hall–Kier alpha value is -2.88. The molecule has 0 saturated heterocycles. The normalized spacial score (nSPS) is 19.7. The summed E-state index contributed by atoms with van der Waals surface area (Å²) in [5.74, 6) is 0.463. The van der Waals surface area contributed by atoms with Crippen LogP contribution >= 0.6 is 0 Å². The Labute approximate surface area is 140 Å².